The van der Waals surface area contributed by atoms with Crippen molar-refractivity contribution in [2.24, 2.45) is 0 Å². The Labute approximate surface area is 126 Å². The minimum atomic E-state index is 0.247. The fourth-order valence-corrected chi connectivity index (χ4v) is 2.40. The number of aromatic hydroxyl groups is 1. The molecule has 106 valence electrons. The number of hydrogen-bond acceptors (Lipinski definition) is 4. The molecular weight excluding hydrogens is 322 g/mol. The fourth-order valence-electron chi connectivity index (χ4n) is 1.91. The van der Waals surface area contributed by atoms with E-state index in [4.69, 9.17) is 9.47 Å². The van der Waals surface area contributed by atoms with Gasteiger partial charge < -0.3 is 19.9 Å². The fraction of sp³-hybridized carbons (Fsp3) is 0.200. The third-order valence-corrected chi connectivity index (χ3v) is 3.33. The lowest BCUT2D eigenvalue weighted by molar-refractivity contribution is 0.352. The highest BCUT2D eigenvalue weighted by atomic mass is 79.9. The van der Waals surface area contributed by atoms with Gasteiger partial charge >= 0.3 is 0 Å². The van der Waals surface area contributed by atoms with Crippen molar-refractivity contribution in [3.8, 4) is 17.2 Å². The van der Waals surface area contributed by atoms with Crippen molar-refractivity contribution >= 4 is 21.6 Å². The van der Waals surface area contributed by atoms with Crippen molar-refractivity contribution in [3.63, 3.8) is 0 Å². The van der Waals surface area contributed by atoms with Gasteiger partial charge in [0.2, 0.25) is 0 Å². The Kier molecular flexibility index (Phi) is 4.74. The summed E-state index contributed by atoms with van der Waals surface area (Å²) in [4.78, 5) is 0. The van der Waals surface area contributed by atoms with Gasteiger partial charge in [-0.05, 0) is 36.4 Å². The first-order valence-corrected chi connectivity index (χ1v) is 6.86. The summed E-state index contributed by atoms with van der Waals surface area (Å²) in [6, 6.07) is 10.8. The van der Waals surface area contributed by atoms with Gasteiger partial charge in [-0.15, -0.1) is 0 Å². The molecule has 0 amide bonds. The van der Waals surface area contributed by atoms with Crippen LogP contribution >= 0.6 is 15.9 Å². The molecular formula is C15H16BrNO3. The van der Waals surface area contributed by atoms with Crippen molar-refractivity contribution in [3.05, 3.63) is 46.4 Å². The minimum absolute atomic E-state index is 0.247. The summed E-state index contributed by atoms with van der Waals surface area (Å²) in [5.74, 6) is 1.64. The molecule has 0 saturated heterocycles. The van der Waals surface area contributed by atoms with Gasteiger partial charge in [0.05, 0.1) is 14.2 Å². The summed E-state index contributed by atoms with van der Waals surface area (Å²) in [6.45, 7) is 0.587. The average Bonchev–Trinajstić information content (AvgIpc) is 2.46. The number of methoxy groups -OCH3 is 2. The first kappa shape index (κ1) is 14.5. The lowest BCUT2D eigenvalue weighted by Gasteiger charge is -2.14. The van der Waals surface area contributed by atoms with Crippen molar-refractivity contribution in [2.75, 3.05) is 19.5 Å². The molecule has 2 rings (SSSR count). The first-order valence-electron chi connectivity index (χ1n) is 6.07. The average molecular weight is 338 g/mol. The first-order chi connectivity index (χ1) is 9.63. The maximum atomic E-state index is 9.26. The molecule has 0 fully saturated rings. The van der Waals surface area contributed by atoms with E-state index in [1.165, 1.54) is 0 Å². The number of phenols is 1. The number of nitrogens with one attached hydrogen (secondary N) is 1. The lowest BCUT2D eigenvalue weighted by Crippen LogP contribution is -2.03. The van der Waals surface area contributed by atoms with E-state index in [2.05, 4.69) is 21.2 Å². The molecule has 0 bridgehead atoms. The lowest BCUT2D eigenvalue weighted by atomic mass is 10.1. The van der Waals surface area contributed by atoms with Gasteiger partial charge in [0, 0.05) is 22.3 Å². The Hall–Kier alpha value is -1.88. The number of rotatable bonds is 5. The van der Waals surface area contributed by atoms with Gasteiger partial charge in [0.25, 0.3) is 0 Å². The zero-order chi connectivity index (χ0) is 14.5. The van der Waals surface area contributed by atoms with E-state index in [0.717, 1.165) is 15.7 Å². The van der Waals surface area contributed by atoms with Crippen molar-refractivity contribution in [1.82, 2.24) is 0 Å². The van der Waals surface area contributed by atoms with E-state index >= 15 is 0 Å². The van der Waals surface area contributed by atoms with Gasteiger partial charge in [-0.3, -0.25) is 0 Å². The topological polar surface area (TPSA) is 50.7 Å². The van der Waals surface area contributed by atoms with Crippen LogP contribution in [0.3, 0.4) is 0 Å². The molecule has 0 saturated carbocycles. The zero-order valence-corrected chi connectivity index (χ0v) is 12.9. The van der Waals surface area contributed by atoms with Crippen LogP contribution in [0.15, 0.2) is 40.9 Å². The van der Waals surface area contributed by atoms with Gasteiger partial charge in [-0.1, -0.05) is 15.9 Å². The van der Waals surface area contributed by atoms with E-state index in [1.54, 1.807) is 26.4 Å². The highest BCUT2D eigenvalue weighted by Gasteiger charge is 2.11. The summed E-state index contributed by atoms with van der Waals surface area (Å²) >= 11 is 3.46. The Morgan fingerprint density at radius 3 is 2.40 bits per heavy atom. The minimum Gasteiger partial charge on any atom is -0.508 e. The summed E-state index contributed by atoms with van der Waals surface area (Å²) in [6.07, 6.45) is 0. The monoisotopic (exact) mass is 337 g/mol. The summed E-state index contributed by atoms with van der Waals surface area (Å²) in [5.41, 5.74) is 1.90. The second-order valence-electron chi connectivity index (χ2n) is 4.20. The molecule has 20 heavy (non-hydrogen) atoms. The molecule has 0 aromatic heterocycles. The predicted octanol–water partition coefficient (Wildman–Crippen LogP) is 3.78. The summed E-state index contributed by atoms with van der Waals surface area (Å²) < 4.78 is 11.6. The van der Waals surface area contributed by atoms with Crippen LogP contribution in [0, 0.1) is 0 Å². The number of benzene rings is 2. The van der Waals surface area contributed by atoms with Gasteiger partial charge in [-0.2, -0.15) is 0 Å². The van der Waals surface area contributed by atoms with Gasteiger partial charge in [0.15, 0.2) is 11.5 Å². The maximum Gasteiger partial charge on any atom is 0.165 e. The Morgan fingerprint density at radius 2 is 1.80 bits per heavy atom. The van der Waals surface area contributed by atoms with Crippen LogP contribution in [0.5, 0.6) is 17.2 Å². The summed E-state index contributed by atoms with van der Waals surface area (Å²) in [7, 11) is 3.23. The van der Waals surface area contributed by atoms with Crippen LogP contribution in [0.4, 0.5) is 5.69 Å². The predicted molar refractivity (Wildman–Crippen MR) is 82.7 cm³/mol. The molecule has 0 atom stereocenters. The Bertz CT molecular complexity index is 584. The Balaban J connectivity index is 2.20. The molecule has 2 aromatic rings. The van der Waals surface area contributed by atoms with Gasteiger partial charge in [0.1, 0.15) is 5.75 Å². The van der Waals surface area contributed by atoms with Crippen LogP contribution in [-0.2, 0) is 6.54 Å². The third-order valence-electron chi connectivity index (χ3n) is 2.87. The standard InChI is InChI=1S/C15H16BrNO3/c1-19-14-8-11(16)7-10(15(14)20-2)9-17-12-3-5-13(18)6-4-12/h3-8,17-18H,9H2,1-2H3. The van der Waals surface area contributed by atoms with Gasteiger partial charge in [-0.25, -0.2) is 0 Å². The molecule has 2 N–H and O–H groups in total. The Morgan fingerprint density at radius 1 is 1.10 bits per heavy atom. The van der Waals surface area contributed by atoms with Crippen molar-refractivity contribution in [2.45, 2.75) is 6.54 Å². The highest BCUT2D eigenvalue weighted by molar-refractivity contribution is 9.10. The maximum absolute atomic E-state index is 9.26. The van der Waals surface area contributed by atoms with Crippen LogP contribution in [0.25, 0.3) is 0 Å². The molecule has 4 nitrogen and oxygen atoms in total. The van der Waals surface area contributed by atoms with Crippen LogP contribution in [-0.4, -0.2) is 19.3 Å². The molecule has 0 radical (unpaired) electrons. The number of ether oxygens (including phenoxy) is 2. The van der Waals surface area contributed by atoms with Crippen molar-refractivity contribution < 1.29 is 14.6 Å². The number of anilines is 1. The highest BCUT2D eigenvalue weighted by Crippen LogP contribution is 2.35. The molecule has 0 heterocycles. The zero-order valence-electron chi connectivity index (χ0n) is 11.3. The number of phenolic OH excluding ortho intramolecular Hbond substituents is 1. The molecule has 0 unspecified atom stereocenters. The van der Waals surface area contributed by atoms with Crippen molar-refractivity contribution in [1.29, 1.82) is 0 Å². The third kappa shape index (κ3) is 3.36. The van der Waals surface area contributed by atoms with E-state index in [-0.39, 0.29) is 5.75 Å². The molecule has 2 aromatic carbocycles. The SMILES string of the molecule is COc1cc(Br)cc(CNc2ccc(O)cc2)c1OC. The molecule has 0 aliphatic carbocycles. The van der Waals surface area contributed by atoms with Crippen LogP contribution in [0.1, 0.15) is 5.56 Å². The number of hydrogen-bond donors (Lipinski definition) is 2. The second kappa shape index (κ2) is 6.52. The molecule has 0 aliphatic heterocycles. The largest absolute Gasteiger partial charge is 0.508 e. The quantitative estimate of drug-likeness (QED) is 0.815. The van der Waals surface area contributed by atoms with E-state index in [9.17, 15) is 5.11 Å². The van der Waals surface area contributed by atoms with E-state index in [1.807, 2.05) is 24.3 Å². The van der Waals surface area contributed by atoms with E-state index in [0.29, 0.717) is 18.0 Å². The molecule has 5 heteroatoms. The summed E-state index contributed by atoms with van der Waals surface area (Å²) in [5, 5.41) is 12.5. The van der Waals surface area contributed by atoms with Crippen LogP contribution in [0.2, 0.25) is 0 Å². The normalized spacial score (nSPS) is 10.2. The second-order valence-corrected chi connectivity index (χ2v) is 5.12. The molecule has 0 aliphatic rings. The van der Waals surface area contributed by atoms with Crippen LogP contribution < -0.4 is 14.8 Å². The number of halogens is 1. The smallest absolute Gasteiger partial charge is 0.165 e. The van der Waals surface area contributed by atoms with E-state index < -0.39 is 0 Å². The molecule has 0 spiro atoms.